The van der Waals surface area contributed by atoms with E-state index in [1.54, 1.807) is 36.4 Å². The van der Waals surface area contributed by atoms with Crippen molar-refractivity contribution >= 4 is 63.9 Å². The number of hydrogen-bond acceptors (Lipinski definition) is 3. The fraction of sp³-hybridized carbons (Fsp3) is 0.250. The number of unbranched alkanes of at least 4 members (excludes halogenated alkanes) is 1. The molecule has 2 rings (SSSR count). The molecule has 0 unspecified atom stereocenters. The van der Waals surface area contributed by atoms with E-state index < -0.39 is 0 Å². The van der Waals surface area contributed by atoms with Crippen LogP contribution < -0.4 is 14.8 Å². The van der Waals surface area contributed by atoms with E-state index in [-0.39, 0.29) is 17.0 Å². The van der Waals surface area contributed by atoms with Crippen molar-refractivity contribution in [1.29, 1.82) is 0 Å². The molecule has 2 aromatic carbocycles. The number of hydrogen-bond donors (Lipinski definition) is 1. The predicted molar refractivity (Wildman–Crippen MR) is 120 cm³/mol. The molecule has 0 aromatic heterocycles. The Bertz CT molecular complexity index is 829. The van der Waals surface area contributed by atoms with Crippen LogP contribution in [-0.2, 0) is 0 Å². The van der Waals surface area contributed by atoms with Crippen molar-refractivity contribution in [2.45, 2.75) is 12.8 Å². The normalized spacial score (nSPS) is 10.4. The van der Waals surface area contributed by atoms with Gasteiger partial charge >= 0.3 is 0 Å². The zero-order chi connectivity index (χ0) is 21.2. The summed E-state index contributed by atoms with van der Waals surface area (Å²) in [4.78, 5) is 12.0. The molecule has 0 aliphatic heterocycles. The van der Waals surface area contributed by atoms with E-state index in [0.29, 0.717) is 51.7 Å². The maximum Gasteiger partial charge on any atom is 0.251 e. The van der Waals surface area contributed by atoms with Gasteiger partial charge in [0, 0.05) is 29.3 Å². The standard InChI is InChI=1S/C20H18Cl5NO3/c21-14-5-3-13(4-6-14)20(27)26-8-1-2-9-29-19-16(22)11-15(12-17(19)23)28-10-7-18(24)25/h3-7,11-12H,1-2,8-10H2,(H,26,27). The highest BCUT2D eigenvalue weighted by Crippen LogP contribution is 2.37. The van der Waals surface area contributed by atoms with Crippen molar-refractivity contribution in [1.82, 2.24) is 5.32 Å². The van der Waals surface area contributed by atoms with E-state index in [4.69, 9.17) is 67.5 Å². The van der Waals surface area contributed by atoms with Gasteiger partial charge in [-0.2, -0.15) is 0 Å². The summed E-state index contributed by atoms with van der Waals surface area (Å²) in [5.74, 6) is 0.717. The number of amides is 1. The molecule has 0 heterocycles. The largest absolute Gasteiger partial charge is 0.490 e. The van der Waals surface area contributed by atoms with Gasteiger partial charge in [0.25, 0.3) is 5.91 Å². The van der Waals surface area contributed by atoms with Gasteiger partial charge in [-0.15, -0.1) is 0 Å². The van der Waals surface area contributed by atoms with Gasteiger partial charge in [0.15, 0.2) is 5.75 Å². The molecule has 0 atom stereocenters. The summed E-state index contributed by atoms with van der Waals surface area (Å²) in [5, 5.41) is 4.11. The Morgan fingerprint density at radius 2 is 1.62 bits per heavy atom. The van der Waals surface area contributed by atoms with Gasteiger partial charge in [0.2, 0.25) is 0 Å². The second-order valence-electron chi connectivity index (χ2n) is 5.84. The molecule has 0 saturated carbocycles. The maximum atomic E-state index is 12.0. The molecule has 1 N–H and O–H groups in total. The van der Waals surface area contributed by atoms with Gasteiger partial charge < -0.3 is 14.8 Å². The van der Waals surface area contributed by atoms with Gasteiger partial charge in [-0.3, -0.25) is 4.79 Å². The molecule has 156 valence electrons. The molecule has 0 fully saturated rings. The second kappa shape index (κ2) is 12.4. The van der Waals surface area contributed by atoms with Crippen LogP contribution in [0.3, 0.4) is 0 Å². The number of benzene rings is 2. The lowest BCUT2D eigenvalue weighted by molar-refractivity contribution is 0.0952. The topological polar surface area (TPSA) is 47.6 Å². The molecular weight excluding hydrogens is 479 g/mol. The first-order chi connectivity index (χ1) is 13.9. The molecule has 9 heteroatoms. The van der Waals surface area contributed by atoms with E-state index in [0.717, 1.165) is 6.42 Å². The first-order valence-electron chi connectivity index (χ1n) is 8.66. The summed E-state index contributed by atoms with van der Waals surface area (Å²) in [6, 6.07) is 9.92. The number of nitrogens with one attached hydrogen (secondary N) is 1. The molecule has 0 aliphatic rings. The van der Waals surface area contributed by atoms with Gasteiger partial charge in [0.05, 0.1) is 16.7 Å². The zero-order valence-electron chi connectivity index (χ0n) is 15.2. The summed E-state index contributed by atoms with van der Waals surface area (Å²) in [5.41, 5.74) is 0.565. The number of ether oxygens (including phenoxy) is 2. The highest BCUT2D eigenvalue weighted by Gasteiger charge is 2.11. The van der Waals surface area contributed by atoms with Gasteiger partial charge in [-0.25, -0.2) is 0 Å². The van der Waals surface area contributed by atoms with Crippen molar-refractivity contribution in [3.05, 3.63) is 67.6 Å². The van der Waals surface area contributed by atoms with Crippen LogP contribution in [0.5, 0.6) is 11.5 Å². The number of carbonyl (C=O) groups excluding carboxylic acids is 1. The SMILES string of the molecule is O=C(NCCCCOc1c(Cl)cc(OCC=C(Cl)Cl)cc1Cl)c1ccc(Cl)cc1. The number of carbonyl (C=O) groups is 1. The minimum Gasteiger partial charge on any atom is -0.490 e. The number of halogens is 5. The molecule has 4 nitrogen and oxygen atoms in total. The van der Waals surface area contributed by atoms with Gasteiger partial charge in [-0.05, 0) is 43.2 Å². The Kier molecular flexibility index (Phi) is 10.3. The molecular formula is C20H18Cl5NO3. The van der Waals surface area contributed by atoms with Crippen LogP contribution in [0.4, 0.5) is 0 Å². The summed E-state index contributed by atoms with van der Waals surface area (Å²) in [6.07, 6.45) is 2.95. The minimum absolute atomic E-state index is 0.117. The Morgan fingerprint density at radius 3 is 2.24 bits per heavy atom. The molecule has 0 radical (unpaired) electrons. The van der Waals surface area contributed by atoms with E-state index >= 15 is 0 Å². The summed E-state index contributed by atoms with van der Waals surface area (Å²) in [7, 11) is 0. The first-order valence-corrected chi connectivity index (χ1v) is 10.6. The maximum absolute atomic E-state index is 12.0. The third kappa shape index (κ3) is 8.53. The van der Waals surface area contributed by atoms with E-state index in [1.165, 1.54) is 6.08 Å². The molecule has 1 amide bonds. The summed E-state index contributed by atoms with van der Waals surface area (Å²) in [6.45, 7) is 1.12. The Morgan fingerprint density at radius 1 is 0.966 bits per heavy atom. The van der Waals surface area contributed by atoms with Crippen molar-refractivity contribution in [3.63, 3.8) is 0 Å². The van der Waals surface area contributed by atoms with Crippen LogP contribution in [-0.4, -0.2) is 25.7 Å². The van der Waals surface area contributed by atoms with E-state index in [9.17, 15) is 4.79 Å². The molecule has 29 heavy (non-hydrogen) atoms. The lowest BCUT2D eigenvalue weighted by Gasteiger charge is -2.12. The smallest absolute Gasteiger partial charge is 0.251 e. The van der Waals surface area contributed by atoms with E-state index in [2.05, 4.69) is 5.32 Å². The first kappa shape index (κ1) is 24.0. The van der Waals surface area contributed by atoms with Crippen LogP contribution in [0.2, 0.25) is 15.1 Å². The molecule has 2 aromatic rings. The van der Waals surface area contributed by atoms with Crippen LogP contribution >= 0.6 is 58.0 Å². The monoisotopic (exact) mass is 495 g/mol. The second-order valence-corrected chi connectivity index (χ2v) is 8.10. The van der Waals surface area contributed by atoms with Crippen molar-refractivity contribution < 1.29 is 14.3 Å². The Labute approximate surface area is 194 Å². The van der Waals surface area contributed by atoms with Crippen molar-refractivity contribution in [2.75, 3.05) is 19.8 Å². The quantitative estimate of drug-likeness (QED) is 0.362. The average Bonchev–Trinajstić information content (AvgIpc) is 2.66. The van der Waals surface area contributed by atoms with Crippen molar-refractivity contribution in [3.8, 4) is 11.5 Å². The fourth-order valence-corrected chi connectivity index (χ4v) is 3.09. The van der Waals surface area contributed by atoms with Crippen LogP contribution in [0.25, 0.3) is 0 Å². The Balaban J connectivity index is 1.72. The third-order valence-corrected chi connectivity index (χ3v) is 4.79. The summed E-state index contributed by atoms with van der Waals surface area (Å²) < 4.78 is 11.2. The molecule has 0 saturated heterocycles. The number of rotatable bonds is 10. The highest BCUT2D eigenvalue weighted by atomic mass is 35.5. The lowest BCUT2D eigenvalue weighted by atomic mass is 10.2. The molecule has 0 spiro atoms. The summed E-state index contributed by atoms with van der Waals surface area (Å²) >= 11 is 29.3. The van der Waals surface area contributed by atoms with Gasteiger partial charge in [0.1, 0.15) is 16.8 Å². The lowest BCUT2D eigenvalue weighted by Crippen LogP contribution is -2.24. The predicted octanol–water partition coefficient (Wildman–Crippen LogP) is 6.93. The molecule has 0 aliphatic carbocycles. The van der Waals surface area contributed by atoms with Gasteiger partial charge in [-0.1, -0.05) is 58.0 Å². The molecule has 0 bridgehead atoms. The highest BCUT2D eigenvalue weighted by molar-refractivity contribution is 6.55. The minimum atomic E-state index is -0.144. The van der Waals surface area contributed by atoms with E-state index in [1.807, 2.05) is 0 Å². The van der Waals surface area contributed by atoms with Crippen LogP contribution in [0.15, 0.2) is 47.0 Å². The average molecular weight is 498 g/mol. The third-order valence-electron chi connectivity index (χ3n) is 3.67. The zero-order valence-corrected chi connectivity index (χ0v) is 19.0. The fourth-order valence-electron chi connectivity index (χ4n) is 2.27. The van der Waals surface area contributed by atoms with Crippen LogP contribution in [0, 0.1) is 0 Å². The Hall–Kier alpha value is -1.30. The van der Waals surface area contributed by atoms with Crippen molar-refractivity contribution in [2.24, 2.45) is 0 Å². The van der Waals surface area contributed by atoms with Crippen LogP contribution in [0.1, 0.15) is 23.2 Å².